The molecule has 6 aliphatic rings. The third-order valence-electron chi connectivity index (χ3n) is 15.6. The predicted octanol–water partition coefficient (Wildman–Crippen LogP) is -2.93. The molecule has 27 heteroatoms. The van der Waals surface area contributed by atoms with Crippen LogP contribution >= 0.6 is 0 Å². The highest BCUT2D eigenvalue weighted by atomic mass is 16.7. The number of aryl methyl sites for hydroxylation is 3. The molecule has 3 aliphatic heterocycles. The van der Waals surface area contributed by atoms with E-state index in [1.54, 1.807) is 14.0 Å². The Hall–Kier alpha value is -5.64. The van der Waals surface area contributed by atoms with Gasteiger partial charge in [0.1, 0.15) is 90.3 Å². The average Bonchev–Trinajstić information content (AvgIpc) is 4.31. The Balaban J connectivity index is 0.801. The highest BCUT2D eigenvalue weighted by Crippen LogP contribution is 2.57. The first-order valence-electron chi connectivity index (χ1n) is 26.6. The Labute approximate surface area is 456 Å². The van der Waals surface area contributed by atoms with Crippen LogP contribution in [-0.4, -0.2) is 238 Å². The van der Waals surface area contributed by atoms with Crippen LogP contribution in [0.2, 0.25) is 0 Å². The lowest BCUT2D eigenvalue weighted by atomic mass is 9.60. The van der Waals surface area contributed by atoms with Crippen molar-refractivity contribution in [3.63, 3.8) is 0 Å². The molecular formula is C53H65N9O18. The second-order valence-corrected chi connectivity index (χ2v) is 20.8. The standard InChI is InChI=1S/C53H65N9O18/c63-22-37-42(66)45(69)48(72)51(78-37)75-13-1-10-60-19-34(54-57-60)25-6-9-30-31(16-25)40-28-7-4-26(35-20-61(58-55-35)11-2-14-76-52-49(73)46(70)43(67)38(23-64)79-52)17-32(28)41(30)33-18-27(5-8-29(33)40)36-21-62(59-56-36)12-3-15-77-53-50(74)47(71)44(68)39(24-65)80-53/h4-9,16-21,37-53,63-74H,1-3,10-15,22-24H2/t37-,38-,39-,40?,41?,42+,43+,44+,45+,46+,47+,48-,49-,50-,51-,52-,53-/m1/s1. The molecule has 27 nitrogen and oxygen atoms in total. The maximum absolute atomic E-state index is 10.4. The summed E-state index contributed by atoms with van der Waals surface area (Å²) in [6.45, 7) is -0.0956. The molecule has 3 fully saturated rings. The van der Waals surface area contributed by atoms with Crippen molar-refractivity contribution >= 4 is 0 Å². The quantitative estimate of drug-likeness (QED) is 0.0321. The van der Waals surface area contributed by atoms with E-state index < -0.39 is 112 Å². The van der Waals surface area contributed by atoms with Gasteiger partial charge in [-0.3, -0.25) is 14.0 Å². The summed E-state index contributed by atoms with van der Waals surface area (Å²) in [4.78, 5) is 0. The minimum Gasteiger partial charge on any atom is -0.394 e. The van der Waals surface area contributed by atoms with E-state index in [9.17, 15) is 61.3 Å². The summed E-state index contributed by atoms with van der Waals surface area (Å²) in [5.41, 5.74) is 11.2. The van der Waals surface area contributed by atoms with E-state index in [4.69, 9.17) is 28.4 Å². The normalized spacial score (nSPS) is 31.7. The van der Waals surface area contributed by atoms with Gasteiger partial charge >= 0.3 is 0 Å². The van der Waals surface area contributed by atoms with Gasteiger partial charge in [0.05, 0.1) is 58.2 Å². The molecule has 2 bridgehead atoms. The molecular weight excluding hydrogens is 1050 g/mol. The zero-order chi connectivity index (χ0) is 55.9. The number of aromatic nitrogens is 9. The zero-order valence-corrected chi connectivity index (χ0v) is 43.1. The third kappa shape index (κ3) is 11.0. The number of nitrogens with zero attached hydrogens (tertiary/aromatic N) is 9. The summed E-state index contributed by atoms with van der Waals surface area (Å²) >= 11 is 0. The summed E-state index contributed by atoms with van der Waals surface area (Å²) in [6, 6.07) is 19.0. The zero-order valence-electron chi connectivity index (χ0n) is 43.1. The number of hydrogen-bond acceptors (Lipinski definition) is 24. The van der Waals surface area contributed by atoms with Gasteiger partial charge in [0, 0.05) is 48.2 Å². The number of aliphatic hydroxyl groups excluding tert-OH is 12. The fourth-order valence-electron chi connectivity index (χ4n) is 11.3. The fraction of sp³-hybridized carbons (Fsp3) is 0.547. The molecule has 0 saturated carbocycles. The Morgan fingerprint density at radius 1 is 0.375 bits per heavy atom. The van der Waals surface area contributed by atoms with Crippen LogP contribution in [0.3, 0.4) is 0 Å². The van der Waals surface area contributed by atoms with Crippen molar-refractivity contribution in [3.05, 3.63) is 107 Å². The third-order valence-corrected chi connectivity index (χ3v) is 15.6. The molecule has 0 unspecified atom stereocenters. The van der Waals surface area contributed by atoms with Gasteiger partial charge in [-0.15, -0.1) is 15.3 Å². The molecule has 430 valence electrons. The number of hydrogen-bond donors (Lipinski definition) is 12. The van der Waals surface area contributed by atoms with Crippen molar-refractivity contribution < 1.29 is 89.7 Å². The number of ether oxygens (including phenoxy) is 6. The van der Waals surface area contributed by atoms with Gasteiger partial charge in [0.15, 0.2) is 18.9 Å². The van der Waals surface area contributed by atoms with Gasteiger partial charge in [-0.2, -0.15) is 0 Å². The van der Waals surface area contributed by atoms with Gasteiger partial charge < -0.3 is 89.7 Å². The number of benzene rings is 3. The first-order valence-corrected chi connectivity index (χ1v) is 26.6. The topological polar surface area (TPSA) is 390 Å². The molecule has 80 heavy (non-hydrogen) atoms. The molecule has 0 amide bonds. The minimum atomic E-state index is -1.54. The van der Waals surface area contributed by atoms with E-state index in [2.05, 4.69) is 67.3 Å². The lowest BCUT2D eigenvalue weighted by Gasteiger charge is -2.42. The highest BCUT2D eigenvalue weighted by molar-refractivity contribution is 5.76. The largest absolute Gasteiger partial charge is 0.394 e. The summed E-state index contributed by atoms with van der Waals surface area (Å²) in [5, 5.41) is 147. The van der Waals surface area contributed by atoms with Crippen LogP contribution in [0.4, 0.5) is 0 Å². The van der Waals surface area contributed by atoms with E-state index in [0.717, 1.165) is 50.1 Å². The summed E-state index contributed by atoms with van der Waals surface area (Å²) in [6.07, 6.45) is -13.6. The second kappa shape index (κ2) is 24.1. The molecule has 15 atom stereocenters. The molecule has 0 spiro atoms. The molecule has 3 aliphatic carbocycles. The summed E-state index contributed by atoms with van der Waals surface area (Å²) in [5.74, 6) is -0.381. The van der Waals surface area contributed by atoms with Gasteiger partial charge in [-0.1, -0.05) is 52.0 Å². The molecule has 6 aromatic rings. The molecule has 0 radical (unpaired) electrons. The number of aliphatic hydroxyl groups is 12. The first-order chi connectivity index (χ1) is 38.7. The molecule has 12 N–H and O–H groups in total. The summed E-state index contributed by atoms with van der Waals surface area (Å²) in [7, 11) is 0. The van der Waals surface area contributed by atoms with Gasteiger partial charge in [-0.25, -0.2) is 0 Å². The van der Waals surface area contributed by atoms with Crippen LogP contribution in [0.25, 0.3) is 33.8 Å². The van der Waals surface area contributed by atoms with Crippen LogP contribution in [0.1, 0.15) is 64.5 Å². The van der Waals surface area contributed by atoms with Crippen molar-refractivity contribution in [1.82, 2.24) is 45.0 Å². The highest BCUT2D eigenvalue weighted by Gasteiger charge is 2.47. The Morgan fingerprint density at radius 3 is 0.950 bits per heavy atom. The Bertz CT molecular complexity index is 2930. The van der Waals surface area contributed by atoms with Crippen LogP contribution < -0.4 is 0 Å². The second-order valence-electron chi connectivity index (χ2n) is 20.8. The maximum atomic E-state index is 10.4. The molecule has 3 saturated heterocycles. The van der Waals surface area contributed by atoms with E-state index in [1.807, 2.05) is 36.8 Å². The monoisotopic (exact) mass is 1120 g/mol. The smallest absolute Gasteiger partial charge is 0.186 e. The predicted molar refractivity (Wildman–Crippen MR) is 271 cm³/mol. The van der Waals surface area contributed by atoms with E-state index in [1.165, 1.54) is 0 Å². The molecule has 12 rings (SSSR count). The maximum Gasteiger partial charge on any atom is 0.186 e. The lowest BCUT2D eigenvalue weighted by molar-refractivity contribution is -0.301. The van der Waals surface area contributed by atoms with Crippen LogP contribution in [0, 0.1) is 0 Å². The van der Waals surface area contributed by atoms with E-state index >= 15 is 0 Å². The van der Waals surface area contributed by atoms with Crippen LogP contribution in [0.5, 0.6) is 0 Å². The number of rotatable bonds is 21. The summed E-state index contributed by atoms with van der Waals surface area (Å²) < 4.78 is 38.5. The Kier molecular flexibility index (Phi) is 16.9. The Morgan fingerprint density at radius 2 is 0.662 bits per heavy atom. The van der Waals surface area contributed by atoms with Crippen molar-refractivity contribution in [1.29, 1.82) is 0 Å². The molecule has 3 aromatic heterocycles. The van der Waals surface area contributed by atoms with Crippen molar-refractivity contribution in [2.75, 3.05) is 39.6 Å². The molecule has 3 aromatic carbocycles. The van der Waals surface area contributed by atoms with Crippen molar-refractivity contribution in [2.45, 2.75) is 143 Å². The van der Waals surface area contributed by atoms with Gasteiger partial charge in [0.2, 0.25) is 0 Å². The molecule has 6 heterocycles. The van der Waals surface area contributed by atoms with Crippen molar-refractivity contribution in [3.8, 4) is 33.8 Å². The van der Waals surface area contributed by atoms with Crippen LogP contribution in [-0.2, 0) is 48.1 Å². The van der Waals surface area contributed by atoms with E-state index in [0.29, 0.717) is 56.0 Å². The fourth-order valence-corrected chi connectivity index (χ4v) is 11.3. The van der Waals surface area contributed by atoms with Crippen LogP contribution in [0.15, 0.2) is 73.2 Å². The van der Waals surface area contributed by atoms with Gasteiger partial charge in [-0.05, 0) is 70.8 Å². The first kappa shape index (κ1) is 56.2. The van der Waals surface area contributed by atoms with E-state index in [-0.39, 0.29) is 31.7 Å². The lowest BCUT2D eigenvalue weighted by Crippen LogP contribution is -2.59. The minimum absolute atomic E-state index is 0.118. The van der Waals surface area contributed by atoms with Crippen molar-refractivity contribution in [2.24, 2.45) is 0 Å². The average molecular weight is 1120 g/mol. The SMILES string of the molecule is OC[C@H]1O[C@@H](OCCCn2cc(-c3ccc4c(c3)C3c5ccc(-c6cn(CCCO[C@@H]7O[C@H](CO)[C@H](O)[C@H](O)[C@H]7O)nn6)cc5C4c4cc(-c5cn(CCCO[C@@H]6O[C@H](CO)[C@H](O)[C@H](O)[C@H]6O)nn5)ccc43)nn2)[C@H](O)[C@@H](O)[C@H]1O. The van der Waals surface area contributed by atoms with Gasteiger partial charge in [0.25, 0.3) is 0 Å².